The van der Waals surface area contributed by atoms with E-state index in [1.807, 2.05) is 25.1 Å². The Morgan fingerprint density at radius 3 is 2.59 bits per heavy atom. The number of rotatable bonds is 4. The molecule has 0 N–H and O–H groups in total. The number of hydrogen-bond acceptors (Lipinski definition) is 4. The summed E-state index contributed by atoms with van der Waals surface area (Å²) in [5.74, 6) is 0.638. The minimum atomic E-state index is -0.395. The molecule has 1 heterocycles. The largest absolute Gasteiger partial charge is 0.489 e. The number of carbonyl (C=O) groups excluding carboxylic acids is 1. The van der Waals surface area contributed by atoms with Gasteiger partial charge in [-0.2, -0.15) is 0 Å². The molecule has 3 aromatic rings. The third-order valence-corrected chi connectivity index (χ3v) is 3.40. The first kappa shape index (κ1) is 14.1. The van der Waals surface area contributed by atoms with Crippen LogP contribution in [0.2, 0.25) is 0 Å². The highest BCUT2D eigenvalue weighted by Gasteiger charge is 2.07. The highest BCUT2D eigenvalue weighted by Crippen LogP contribution is 2.20. The molecule has 0 bridgehead atoms. The molecule has 110 valence electrons. The Kier molecular flexibility index (Phi) is 3.74. The van der Waals surface area contributed by atoms with Crippen molar-refractivity contribution < 1.29 is 13.9 Å². The SMILES string of the molecule is Cc1ccc2c(COc3ccc(C=O)cc3)cc(=O)oc2c1. The molecular formula is C18H14O4. The van der Waals surface area contributed by atoms with Crippen LogP contribution in [0, 0.1) is 6.92 Å². The summed E-state index contributed by atoms with van der Waals surface area (Å²) in [5.41, 5.74) is 2.55. The Morgan fingerprint density at radius 2 is 1.86 bits per heavy atom. The van der Waals surface area contributed by atoms with E-state index >= 15 is 0 Å². The van der Waals surface area contributed by atoms with E-state index in [0.717, 1.165) is 22.8 Å². The minimum absolute atomic E-state index is 0.256. The lowest BCUT2D eigenvalue weighted by Crippen LogP contribution is -2.04. The van der Waals surface area contributed by atoms with Crippen LogP contribution in [-0.2, 0) is 6.61 Å². The summed E-state index contributed by atoms with van der Waals surface area (Å²) in [7, 11) is 0. The van der Waals surface area contributed by atoms with Gasteiger partial charge in [0, 0.05) is 22.6 Å². The molecule has 0 amide bonds. The summed E-state index contributed by atoms with van der Waals surface area (Å²) in [6.07, 6.45) is 0.780. The van der Waals surface area contributed by atoms with Gasteiger partial charge in [-0.3, -0.25) is 4.79 Å². The smallest absolute Gasteiger partial charge is 0.336 e. The summed E-state index contributed by atoms with van der Waals surface area (Å²) in [5, 5.41) is 0.856. The minimum Gasteiger partial charge on any atom is -0.489 e. The van der Waals surface area contributed by atoms with Crippen LogP contribution < -0.4 is 10.4 Å². The van der Waals surface area contributed by atoms with Gasteiger partial charge >= 0.3 is 5.63 Å². The third kappa shape index (κ3) is 2.91. The molecule has 3 rings (SSSR count). The van der Waals surface area contributed by atoms with E-state index < -0.39 is 5.63 Å². The quantitative estimate of drug-likeness (QED) is 0.546. The van der Waals surface area contributed by atoms with Crippen molar-refractivity contribution in [3.8, 4) is 5.75 Å². The number of aryl methyl sites for hydroxylation is 1. The van der Waals surface area contributed by atoms with Gasteiger partial charge in [0.1, 0.15) is 24.2 Å². The van der Waals surface area contributed by atoms with E-state index in [-0.39, 0.29) is 6.61 Å². The van der Waals surface area contributed by atoms with Crippen LogP contribution in [0.15, 0.2) is 57.7 Å². The molecule has 0 atom stereocenters. The lowest BCUT2D eigenvalue weighted by molar-refractivity contribution is 0.112. The van der Waals surface area contributed by atoms with Gasteiger partial charge in [-0.15, -0.1) is 0 Å². The number of benzene rings is 2. The molecule has 2 aromatic carbocycles. The highest BCUT2D eigenvalue weighted by atomic mass is 16.5. The zero-order valence-electron chi connectivity index (χ0n) is 12.0. The average molecular weight is 294 g/mol. The fraction of sp³-hybridized carbons (Fsp3) is 0.111. The van der Waals surface area contributed by atoms with Gasteiger partial charge < -0.3 is 9.15 Å². The predicted molar refractivity (Wildman–Crippen MR) is 83.4 cm³/mol. The Hall–Kier alpha value is -2.88. The van der Waals surface area contributed by atoms with Crippen LogP contribution in [0.1, 0.15) is 21.5 Å². The number of fused-ring (bicyclic) bond motifs is 1. The second kappa shape index (κ2) is 5.85. The molecule has 1 aromatic heterocycles. The molecule has 22 heavy (non-hydrogen) atoms. The molecule has 0 unspecified atom stereocenters. The van der Waals surface area contributed by atoms with Crippen LogP contribution in [0.4, 0.5) is 0 Å². The van der Waals surface area contributed by atoms with Gasteiger partial charge in [0.05, 0.1) is 0 Å². The molecule has 0 radical (unpaired) electrons. The van der Waals surface area contributed by atoms with Crippen molar-refractivity contribution in [1.82, 2.24) is 0 Å². The summed E-state index contributed by atoms with van der Waals surface area (Å²) in [6.45, 7) is 2.20. The maximum absolute atomic E-state index is 11.6. The molecule has 0 saturated carbocycles. The Balaban J connectivity index is 1.89. The number of hydrogen-bond donors (Lipinski definition) is 0. The second-order valence-electron chi connectivity index (χ2n) is 5.07. The second-order valence-corrected chi connectivity index (χ2v) is 5.07. The first-order valence-corrected chi connectivity index (χ1v) is 6.87. The van der Waals surface area contributed by atoms with Gasteiger partial charge in [-0.25, -0.2) is 4.79 Å². The zero-order valence-corrected chi connectivity index (χ0v) is 12.0. The van der Waals surface area contributed by atoms with Gasteiger partial charge in [0.2, 0.25) is 0 Å². The van der Waals surface area contributed by atoms with E-state index in [2.05, 4.69) is 0 Å². The molecule has 4 heteroatoms. The van der Waals surface area contributed by atoms with Crippen molar-refractivity contribution in [2.75, 3.05) is 0 Å². The molecule has 0 saturated heterocycles. The zero-order chi connectivity index (χ0) is 15.5. The molecule has 0 fully saturated rings. The van der Waals surface area contributed by atoms with E-state index in [0.29, 0.717) is 16.9 Å². The van der Waals surface area contributed by atoms with Crippen molar-refractivity contribution in [3.63, 3.8) is 0 Å². The van der Waals surface area contributed by atoms with Crippen LogP contribution in [0.5, 0.6) is 5.75 Å². The van der Waals surface area contributed by atoms with Crippen molar-refractivity contribution in [2.24, 2.45) is 0 Å². The fourth-order valence-corrected chi connectivity index (χ4v) is 2.26. The highest BCUT2D eigenvalue weighted by molar-refractivity contribution is 5.80. The van der Waals surface area contributed by atoms with E-state index in [1.165, 1.54) is 6.07 Å². The van der Waals surface area contributed by atoms with Crippen LogP contribution in [-0.4, -0.2) is 6.29 Å². The summed E-state index contributed by atoms with van der Waals surface area (Å²) < 4.78 is 10.9. The third-order valence-electron chi connectivity index (χ3n) is 3.40. The van der Waals surface area contributed by atoms with Crippen molar-refractivity contribution >= 4 is 17.3 Å². The van der Waals surface area contributed by atoms with E-state index in [1.54, 1.807) is 24.3 Å². The Morgan fingerprint density at radius 1 is 1.09 bits per heavy atom. The normalized spacial score (nSPS) is 10.6. The van der Waals surface area contributed by atoms with Gasteiger partial charge in [-0.1, -0.05) is 12.1 Å². The van der Waals surface area contributed by atoms with Crippen LogP contribution >= 0.6 is 0 Å². The topological polar surface area (TPSA) is 56.5 Å². The number of aldehydes is 1. The Labute approximate surface area is 127 Å². The molecule has 0 aliphatic rings. The molecular weight excluding hydrogens is 280 g/mol. The lowest BCUT2D eigenvalue weighted by atomic mass is 10.1. The molecule has 0 spiro atoms. The van der Waals surface area contributed by atoms with Crippen molar-refractivity contribution in [1.29, 1.82) is 0 Å². The first-order valence-electron chi connectivity index (χ1n) is 6.87. The monoisotopic (exact) mass is 294 g/mol. The molecule has 0 aliphatic carbocycles. The predicted octanol–water partition coefficient (Wildman–Crippen LogP) is 3.49. The molecule has 4 nitrogen and oxygen atoms in total. The maximum atomic E-state index is 11.6. The van der Waals surface area contributed by atoms with Gasteiger partial charge in [-0.05, 0) is 42.8 Å². The average Bonchev–Trinajstić information content (AvgIpc) is 2.52. The molecule has 0 aliphatic heterocycles. The number of ether oxygens (including phenoxy) is 1. The van der Waals surface area contributed by atoms with Crippen molar-refractivity contribution in [3.05, 3.63) is 75.6 Å². The van der Waals surface area contributed by atoms with Crippen LogP contribution in [0.3, 0.4) is 0 Å². The van der Waals surface area contributed by atoms with Gasteiger partial charge in [0.15, 0.2) is 0 Å². The standard InChI is InChI=1S/C18H14O4/c1-12-2-7-16-14(9-18(20)22-17(16)8-12)11-21-15-5-3-13(10-19)4-6-15/h2-10H,11H2,1H3. The van der Waals surface area contributed by atoms with Gasteiger partial charge in [0.25, 0.3) is 0 Å². The summed E-state index contributed by atoms with van der Waals surface area (Å²) in [6, 6.07) is 14.0. The van der Waals surface area contributed by atoms with E-state index in [4.69, 9.17) is 9.15 Å². The van der Waals surface area contributed by atoms with E-state index in [9.17, 15) is 9.59 Å². The maximum Gasteiger partial charge on any atom is 0.336 e. The lowest BCUT2D eigenvalue weighted by Gasteiger charge is -2.08. The summed E-state index contributed by atoms with van der Waals surface area (Å²) >= 11 is 0. The first-order chi connectivity index (χ1) is 10.7. The van der Waals surface area contributed by atoms with Crippen LogP contribution in [0.25, 0.3) is 11.0 Å². The number of carbonyl (C=O) groups is 1. The Bertz CT molecular complexity index is 876. The fourth-order valence-electron chi connectivity index (χ4n) is 2.26. The van der Waals surface area contributed by atoms with Crippen molar-refractivity contribution in [2.45, 2.75) is 13.5 Å². The summed E-state index contributed by atoms with van der Waals surface area (Å²) in [4.78, 5) is 22.3.